The molecule has 0 aromatic heterocycles. The first kappa shape index (κ1) is 12.0. The lowest BCUT2D eigenvalue weighted by molar-refractivity contribution is -0.246. The van der Waals surface area contributed by atoms with Crippen LogP contribution in [-0.2, 0) is 23.8 Å². The molecule has 1 amide bonds. The fourth-order valence-electron chi connectivity index (χ4n) is 1.01. The van der Waals surface area contributed by atoms with E-state index in [4.69, 9.17) is 9.47 Å². The minimum absolute atomic E-state index is 0.339. The van der Waals surface area contributed by atoms with Gasteiger partial charge in [0.15, 0.2) is 6.61 Å². The highest BCUT2D eigenvalue weighted by atomic mass is 127. The van der Waals surface area contributed by atoms with Crippen LogP contribution >= 0.6 is 22.9 Å². The van der Waals surface area contributed by atoms with Crippen LogP contribution < -0.4 is 0 Å². The number of nitrogens with zero attached hydrogens (tertiary/aromatic N) is 1. The summed E-state index contributed by atoms with van der Waals surface area (Å²) in [5, 5.41) is 0. The maximum Gasteiger partial charge on any atom is 0.425 e. The van der Waals surface area contributed by atoms with Gasteiger partial charge in [-0.1, -0.05) is 0 Å². The largest absolute Gasteiger partial charge is 0.438 e. The summed E-state index contributed by atoms with van der Waals surface area (Å²) in [5.74, 6) is -3.15. The molecule has 0 atom stereocenters. The van der Waals surface area contributed by atoms with Crippen molar-refractivity contribution in [1.29, 1.82) is 0 Å². The minimum atomic E-state index is -1.78. The van der Waals surface area contributed by atoms with Crippen molar-refractivity contribution in [3.63, 3.8) is 0 Å². The van der Waals surface area contributed by atoms with Gasteiger partial charge in [-0.25, -0.2) is 4.79 Å². The van der Waals surface area contributed by atoms with Gasteiger partial charge in [0.05, 0.1) is 22.9 Å². The first-order valence-electron chi connectivity index (χ1n) is 3.89. The van der Waals surface area contributed by atoms with Crippen molar-refractivity contribution in [3.05, 3.63) is 0 Å². The number of rotatable bonds is 2. The molecule has 1 fully saturated rings. The minimum Gasteiger partial charge on any atom is -0.438 e. The predicted molar refractivity (Wildman–Crippen MR) is 53.5 cm³/mol. The third-order valence-corrected chi connectivity index (χ3v) is 2.57. The fraction of sp³-hybridized carbons (Fsp3) is 0.571. The molecule has 1 saturated heterocycles. The summed E-state index contributed by atoms with van der Waals surface area (Å²) in [7, 11) is 0. The molecule has 0 unspecified atom stereocenters. The van der Waals surface area contributed by atoms with Crippen LogP contribution in [0.1, 0.15) is 13.8 Å². The van der Waals surface area contributed by atoms with Crippen LogP contribution in [0.25, 0.3) is 0 Å². The van der Waals surface area contributed by atoms with E-state index in [-0.39, 0.29) is 6.61 Å². The zero-order valence-corrected chi connectivity index (χ0v) is 10.1. The van der Waals surface area contributed by atoms with Crippen molar-refractivity contribution in [3.8, 4) is 0 Å². The van der Waals surface area contributed by atoms with Crippen LogP contribution in [0.3, 0.4) is 0 Å². The Morgan fingerprint density at radius 3 is 2.13 bits per heavy atom. The Morgan fingerprint density at radius 2 is 1.87 bits per heavy atom. The molecule has 1 rings (SSSR count). The summed E-state index contributed by atoms with van der Waals surface area (Å²) in [6, 6.07) is 0. The van der Waals surface area contributed by atoms with Crippen LogP contribution in [0.4, 0.5) is 4.79 Å². The molecule has 0 N–H and O–H groups in total. The molecule has 0 aromatic carbocycles. The van der Waals surface area contributed by atoms with Gasteiger partial charge in [0, 0.05) is 13.8 Å². The normalized spacial score (nSPS) is 18.3. The van der Waals surface area contributed by atoms with Crippen molar-refractivity contribution >= 4 is 40.9 Å². The lowest BCUT2D eigenvalue weighted by Crippen LogP contribution is -2.48. The fourth-order valence-corrected chi connectivity index (χ4v) is 1.49. The molecular formula is C7H8INO6. The van der Waals surface area contributed by atoms with Gasteiger partial charge in [-0.05, 0) is 0 Å². The van der Waals surface area contributed by atoms with E-state index in [0.29, 0.717) is 0 Å². The molecule has 7 nitrogen and oxygen atoms in total. The van der Waals surface area contributed by atoms with Gasteiger partial charge in [0.25, 0.3) is 0 Å². The Morgan fingerprint density at radius 1 is 1.40 bits per heavy atom. The predicted octanol–water partition coefficient (Wildman–Crippen LogP) is 0.569. The Balaban J connectivity index is 2.91. The summed E-state index contributed by atoms with van der Waals surface area (Å²) in [4.78, 5) is 32.7. The van der Waals surface area contributed by atoms with E-state index in [9.17, 15) is 14.4 Å². The van der Waals surface area contributed by atoms with Gasteiger partial charge in [0.1, 0.15) is 0 Å². The monoisotopic (exact) mass is 329 g/mol. The lowest BCUT2D eigenvalue weighted by atomic mass is 10.5. The molecule has 0 radical (unpaired) electrons. The van der Waals surface area contributed by atoms with E-state index in [2.05, 4.69) is 4.74 Å². The number of halogens is 1. The molecule has 15 heavy (non-hydrogen) atoms. The molecule has 0 saturated carbocycles. The van der Waals surface area contributed by atoms with E-state index < -0.39 is 23.9 Å². The number of carbonyl (C=O) groups excluding carboxylic acids is 3. The van der Waals surface area contributed by atoms with Crippen molar-refractivity contribution in [2.24, 2.45) is 0 Å². The van der Waals surface area contributed by atoms with Crippen LogP contribution in [0.15, 0.2) is 0 Å². The zero-order valence-electron chi connectivity index (χ0n) is 7.98. The van der Waals surface area contributed by atoms with Crippen LogP contribution in [0, 0.1) is 0 Å². The highest BCUT2D eigenvalue weighted by Gasteiger charge is 2.53. The second kappa shape index (κ2) is 4.21. The van der Waals surface area contributed by atoms with Gasteiger partial charge < -0.3 is 14.2 Å². The average Bonchev–Trinajstić information content (AvgIpc) is 2.32. The Hall–Kier alpha value is -1.06. The van der Waals surface area contributed by atoms with E-state index in [1.807, 2.05) is 0 Å². The maximum absolute atomic E-state index is 11.1. The Labute approximate surface area is 99.1 Å². The van der Waals surface area contributed by atoms with Gasteiger partial charge in [0.2, 0.25) is 0 Å². The van der Waals surface area contributed by atoms with E-state index in [1.54, 1.807) is 22.9 Å². The van der Waals surface area contributed by atoms with Gasteiger partial charge in [-0.15, -0.1) is 0 Å². The van der Waals surface area contributed by atoms with E-state index in [0.717, 1.165) is 17.0 Å². The number of hydrogen-bond donors (Lipinski definition) is 0. The third-order valence-electron chi connectivity index (χ3n) is 1.44. The Bertz CT molecular complexity index is 301. The summed E-state index contributed by atoms with van der Waals surface area (Å²) >= 11 is 1.54. The lowest BCUT2D eigenvalue weighted by Gasteiger charge is -2.28. The van der Waals surface area contributed by atoms with Crippen molar-refractivity contribution < 1.29 is 28.6 Å². The second-order valence-electron chi connectivity index (χ2n) is 2.74. The van der Waals surface area contributed by atoms with Crippen molar-refractivity contribution in [1.82, 2.24) is 3.11 Å². The highest BCUT2D eigenvalue weighted by Crippen LogP contribution is 2.31. The van der Waals surface area contributed by atoms with Crippen LogP contribution in [0.5, 0.6) is 0 Å². The van der Waals surface area contributed by atoms with E-state index >= 15 is 0 Å². The summed E-state index contributed by atoms with van der Waals surface area (Å²) in [6.45, 7) is 1.94. The van der Waals surface area contributed by atoms with Crippen molar-refractivity contribution in [2.75, 3.05) is 6.61 Å². The quantitative estimate of drug-likeness (QED) is 0.319. The Kier molecular flexibility index (Phi) is 3.37. The number of ether oxygens (including phenoxy) is 3. The molecule has 0 spiro atoms. The van der Waals surface area contributed by atoms with Gasteiger partial charge in [-0.3, -0.25) is 9.59 Å². The van der Waals surface area contributed by atoms with Crippen molar-refractivity contribution in [2.45, 2.75) is 19.8 Å². The van der Waals surface area contributed by atoms with Gasteiger partial charge >= 0.3 is 23.9 Å². The molecular weight excluding hydrogens is 321 g/mol. The third kappa shape index (κ3) is 2.49. The summed E-state index contributed by atoms with van der Waals surface area (Å²) < 4.78 is 15.1. The molecule has 8 heteroatoms. The first-order valence-corrected chi connectivity index (χ1v) is 4.86. The molecule has 1 aliphatic rings. The van der Waals surface area contributed by atoms with Gasteiger partial charge in [-0.2, -0.15) is 3.11 Å². The average molecular weight is 329 g/mol. The SMILES string of the molecule is CC(=O)OC1(OC(C)=O)COC(=O)N1I. The number of amides is 1. The molecule has 1 heterocycles. The number of cyclic esters (lactones) is 1. The summed E-state index contributed by atoms with van der Waals surface area (Å²) in [6.07, 6.45) is -0.738. The maximum atomic E-state index is 11.1. The number of esters is 2. The molecule has 84 valence electrons. The molecule has 1 aliphatic heterocycles. The van der Waals surface area contributed by atoms with E-state index in [1.165, 1.54) is 0 Å². The standard InChI is InChI=1S/C7H8INO6/c1-4(10)14-7(15-5(2)11)3-13-6(12)9(7)8/h3H2,1-2H3. The topological polar surface area (TPSA) is 82.1 Å². The molecule has 0 bridgehead atoms. The zero-order chi connectivity index (χ0) is 11.6. The van der Waals surface area contributed by atoms with Crippen LogP contribution in [-0.4, -0.2) is 33.7 Å². The molecule has 0 aliphatic carbocycles. The molecule has 0 aromatic rings. The summed E-state index contributed by atoms with van der Waals surface area (Å²) in [5.41, 5.74) is 0. The second-order valence-corrected chi connectivity index (χ2v) is 3.70. The highest BCUT2D eigenvalue weighted by molar-refractivity contribution is 14.1. The number of hydrogen-bond acceptors (Lipinski definition) is 6. The smallest absolute Gasteiger partial charge is 0.425 e. The first-order chi connectivity index (χ1) is 6.87. The number of carbonyl (C=O) groups is 3. The van der Waals surface area contributed by atoms with Crippen LogP contribution in [0.2, 0.25) is 0 Å².